The molecule has 0 aromatic heterocycles. The molecule has 0 bridgehead atoms. The Hall–Kier alpha value is -2.32. The largest absolute Gasteiger partial charge is 0.434 e. The van der Waals surface area contributed by atoms with Crippen LogP contribution in [0.25, 0.3) is 6.08 Å². The molecule has 1 heterocycles. The molecule has 0 radical (unpaired) electrons. The van der Waals surface area contributed by atoms with Gasteiger partial charge in [0.25, 0.3) is 5.91 Å². The molecule has 3 nitrogen and oxygen atoms in total. The molecule has 0 saturated carbocycles. The van der Waals surface area contributed by atoms with Crippen molar-refractivity contribution in [1.29, 1.82) is 0 Å². The maximum atomic E-state index is 13.1. The van der Waals surface area contributed by atoms with E-state index in [1.807, 2.05) is 0 Å². The molecular weight excluding hydrogens is 371 g/mol. The second kappa shape index (κ2) is 7.28. The lowest BCUT2D eigenvalue weighted by atomic mass is 10.2. The second-order valence-corrected chi connectivity index (χ2v) is 6.59. The molecule has 128 valence electrons. The zero-order valence-electron chi connectivity index (χ0n) is 12.5. The SMILES string of the molecule is O=C1/C(=C/c2ccccc2OC(F)F)SC(=S)N1c1ccc(F)cc1. The topological polar surface area (TPSA) is 29.5 Å². The zero-order chi connectivity index (χ0) is 18.0. The van der Waals surface area contributed by atoms with Gasteiger partial charge in [0.05, 0.1) is 10.6 Å². The van der Waals surface area contributed by atoms with Crippen LogP contribution in [0.4, 0.5) is 18.9 Å². The lowest BCUT2D eigenvalue weighted by Crippen LogP contribution is -2.27. The number of nitrogens with zero attached hydrogens (tertiary/aromatic N) is 1. The number of hydrogen-bond donors (Lipinski definition) is 0. The number of carbonyl (C=O) groups is 1. The molecule has 1 amide bonds. The molecule has 1 saturated heterocycles. The first-order valence-corrected chi connectivity index (χ1v) is 8.25. The smallest absolute Gasteiger partial charge is 0.387 e. The number of rotatable bonds is 4. The number of alkyl halides is 2. The van der Waals surface area contributed by atoms with Gasteiger partial charge >= 0.3 is 6.61 Å². The molecule has 2 aromatic carbocycles. The summed E-state index contributed by atoms with van der Waals surface area (Å²) >= 11 is 6.25. The number of thiocarbonyl (C=S) groups is 1. The number of halogens is 3. The van der Waals surface area contributed by atoms with E-state index in [-0.39, 0.29) is 15.0 Å². The van der Waals surface area contributed by atoms with Gasteiger partial charge in [0.15, 0.2) is 4.32 Å². The van der Waals surface area contributed by atoms with Gasteiger partial charge in [-0.15, -0.1) is 0 Å². The average Bonchev–Trinajstić information content (AvgIpc) is 2.84. The van der Waals surface area contributed by atoms with E-state index in [1.54, 1.807) is 18.2 Å². The van der Waals surface area contributed by atoms with Crippen LogP contribution >= 0.6 is 24.0 Å². The van der Waals surface area contributed by atoms with E-state index in [2.05, 4.69) is 4.74 Å². The first kappa shape index (κ1) is 17.5. The summed E-state index contributed by atoms with van der Waals surface area (Å²) in [5.74, 6) is -0.874. The third kappa shape index (κ3) is 3.85. The van der Waals surface area contributed by atoms with E-state index in [0.717, 1.165) is 11.8 Å². The van der Waals surface area contributed by atoms with Crippen molar-refractivity contribution in [2.75, 3.05) is 4.90 Å². The molecule has 0 N–H and O–H groups in total. The van der Waals surface area contributed by atoms with Crippen molar-refractivity contribution >= 4 is 46.0 Å². The molecule has 1 aliphatic heterocycles. The van der Waals surface area contributed by atoms with Crippen LogP contribution < -0.4 is 9.64 Å². The van der Waals surface area contributed by atoms with Crippen molar-refractivity contribution in [1.82, 2.24) is 0 Å². The van der Waals surface area contributed by atoms with Crippen molar-refractivity contribution in [3.8, 4) is 5.75 Å². The highest BCUT2D eigenvalue weighted by Gasteiger charge is 2.33. The Balaban J connectivity index is 1.92. The Bertz CT molecular complexity index is 853. The Morgan fingerprint density at radius 1 is 1.12 bits per heavy atom. The van der Waals surface area contributed by atoms with E-state index in [1.165, 1.54) is 41.3 Å². The quantitative estimate of drug-likeness (QED) is 0.560. The molecule has 3 rings (SSSR count). The van der Waals surface area contributed by atoms with E-state index in [0.29, 0.717) is 11.3 Å². The van der Waals surface area contributed by atoms with Crippen molar-refractivity contribution < 1.29 is 22.7 Å². The van der Waals surface area contributed by atoms with Crippen LogP contribution in [0, 0.1) is 5.82 Å². The van der Waals surface area contributed by atoms with Crippen LogP contribution in [0.3, 0.4) is 0 Å². The summed E-state index contributed by atoms with van der Waals surface area (Å²) in [7, 11) is 0. The number of benzene rings is 2. The lowest BCUT2D eigenvalue weighted by molar-refractivity contribution is -0.113. The van der Waals surface area contributed by atoms with Crippen LogP contribution in [0.5, 0.6) is 5.75 Å². The highest BCUT2D eigenvalue weighted by molar-refractivity contribution is 8.27. The lowest BCUT2D eigenvalue weighted by Gasteiger charge is -2.14. The number of amides is 1. The molecule has 25 heavy (non-hydrogen) atoms. The molecule has 8 heteroatoms. The number of anilines is 1. The molecule has 0 unspecified atom stereocenters. The molecular formula is C17H10F3NO2S2. The van der Waals surface area contributed by atoms with Gasteiger partial charge in [-0.1, -0.05) is 42.2 Å². The maximum absolute atomic E-state index is 13.1. The minimum atomic E-state index is -2.97. The Labute approximate surface area is 151 Å². The van der Waals surface area contributed by atoms with Crippen LogP contribution in [0.2, 0.25) is 0 Å². The number of carbonyl (C=O) groups excluding carboxylic acids is 1. The number of hydrogen-bond acceptors (Lipinski definition) is 4. The van der Waals surface area contributed by atoms with E-state index in [4.69, 9.17) is 12.2 Å². The highest BCUT2D eigenvalue weighted by atomic mass is 32.2. The third-order valence-corrected chi connectivity index (χ3v) is 4.60. The second-order valence-electron chi connectivity index (χ2n) is 4.91. The first-order chi connectivity index (χ1) is 12.0. The summed E-state index contributed by atoms with van der Waals surface area (Å²) in [6, 6.07) is 11.5. The van der Waals surface area contributed by atoms with E-state index < -0.39 is 18.3 Å². The van der Waals surface area contributed by atoms with Crippen LogP contribution in [-0.2, 0) is 4.79 Å². The summed E-state index contributed by atoms with van der Waals surface area (Å²) < 4.78 is 42.8. The van der Waals surface area contributed by atoms with Gasteiger partial charge in [-0.2, -0.15) is 8.78 Å². The molecule has 0 aliphatic carbocycles. The van der Waals surface area contributed by atoms with Crippen LogP contribution in [0.15, 0.2) is 53.4 Å². The molecule has 1 fully saturated rings. The summed E-state index contributed by atoms with van der Waals surface area (Å²) in [6.45, 7) is -2.97. The Kier molecular flexibility index (Phi) is 5.10. The summed E-state index contributed by atoms with van der Waals surface area (Å²) in [5, 5.41) is 0. The van der Waals surface area contributed by atoms with Gasteiger partial charge in [0.1, 0.15) is 11.6 Å². The average molecular weight is 381 g/mol. The fraction of sp³-hybridized carbons (Fsp3) is 0.0588. The first-order valence-electron chi connectivity index (χ1n) is 7.03. The maximum Gasteiger partial charge on any atom is 0.387 e. The predicted octanol–water partition coefficient (Wildman–Crippen LogP) is 4.83. The van der Waals surface area contributed by atoms with E-state index >= 15 is 0 Å². The third-order valence-electron chi connectivity index (χ3n) is 3.30. The van der Waals surface area contributed by atoms with Gasteiger partial charge in [-0.05, 0) is 36.4 Å². The van der Waals surface area contributed by atoms with Crippen molar-refractivity contribution in [3.05, 3.63) is 64.8 Å². The molecule has 1 aliphatic rings. The van der Waals surface area contributed by atoms with Gasteiger partial charge in [-0.25, -0.2) is 4.39 Å². The summed E-state index contributed by atoms with van der Waals surface area (Å²) in [6.07, 6.45) is 1.44. The fourth-order valence-electron chi connectivity index (χ4n) is 2.22. The molecule has 0 atom stereocenters. The standard InChI is InChI=1S/C17H10F3NO2S2/c18-11-5-7-12(8-6-11)21-15(22)14(25-17(21)24)9-10-3-1-2-4-13(10)23-16(19)20/h1-9,16H/b14-9-. The Morgan fingerprint density at radius 2 is 1.80 bits per heavy atom. The number of para-hydroxylation sites is 1. The zero-order valence-corrected chi connectivity index (χ0v) is 14.1. The highest BCUT2D eigenvalue weighted by Crippen LogP contribution is 2.37. The van der Waals surface area contributed by atoms with Crippen molar-refractivity contribution in [3.63, 3.8) is 0 Å². The van der Waals surface area contributed by atoms with Gasteiger partial charge < -0.3 is 4.74 Å². The molecule has 0 spiro atoms. The number of ether oxygens (including phenoxy) is 1. The predicted molar refractivity (Wildman–Crippen MR) is 95.1 cm³/mol. The van der Waals surface area contributed by atoms with Crippen molar-refractivity contribution in [2.24, 2.45) is 0 Å². The van der Waals surface area contributed by atoms with Gasteiger partial charge in [0, 0.05) is 5.56 Å². The van der Waals surface area contributed by atoms with Gasteiger partial charge in [0.2, 0.25) is 0 Å². The van der Waals surface area contributed by atoms with Crippen LogP contribution in [0.1, 0.15) is 5.56 Å². The Morgan fingerprint density at radius 3 is 2.48 bits per heavy atom. The van der Waals surface area contributed by atoms with E-state index in [9.17, 15) is 18.0 Å². The van der Waals surface area contributed by atoms with Crippen LogP contribution in [-0.4, -0.2) is 16.8 Å². The summed E-state index contributed by atoms with van der Waals surface area (Å²) in [5.41, 5.74) is 0.770. The molecule has 2 aromatic rings. The normalized spacial score (nSPS) is 16.2. The van der Waals surface area contributed by atoms with Crippen molar-refractivity contribution in [2.45, 2.75) is 6.61 Å². The monoisotopic (exact) mass is 381 g/mol. The minimum Gasteiger partial charge on any atom is -0.434 e. The minimum absolute atomic E-state index is 0.0375. The fourth-order valence-corrected chi connectivity index (χ4v) is 3.51. The summed E-state index contributed by atoms with van der Waals surface area (Å²) in [4.78, 5) is 14.1. The van der Waals surface area contributed by atoms with Gasteiger partial charge in [-0.3, -0.25) is 9.69 Å². The number of thioether (sulfide) groups is 1.